The molecule has 0 bridgehead atoms. The molecule has 108 valence electrons. The lowest BCUT2D eigenvalue weighted by Gasteiger charge is -2.17. The fraction of sp³-hybridized carbons (Fsp3) is 0.429. The highest BCUT2D eigenvalue weighted by Gasteiger charge is 2.19. The number of hydrazine groups is 1. The third kappa shape index (κ3) is 3.08. The quantitative estimate of drug-likeness (QED) is 0.627. The summed E-state index contributed by atoms with van der Waals surface area (Å²) in [7, 11) is 0. The van der Waals surface area contributed by atoms with Gasteiger partial charge in [0.05, 0.1) is 21.9 Å². The lowest BCUT2D eigenvalue weighted by molar-refractivity contribution is 0.514. The number of aryl methyl sites for hydroxylation is 2. The Balaban J connectivity index is 2.30. The van der Waals surface area contributed by atoms with Gasteiger partial charge in [-0.1, -0.05) is 13.0 Å². The molecule has 0 aromatic carbocycles. The molecule has 2 heterocycles. The Bertz CT molecular complexity index is 552. The maximum Gasteiger partial charge on any atom is 0.0766 e. The van der Waals surface area contributed by atoms with E-state index in [2.05, 4.69) is 45.3 Å². The van der Waals surface area contributed by atoms with Crippen LogP contribution in [-0.2, 0) is 19.4 Å². The molecule has 2 aromatic heterocycles. The molecule has 2 aromatic rings. The maximum absolute atomic E-state index is 5.71. The minimum Gasteiger partial charge on any atom is -0.271 e. The van der Waals surface area contributed by atoms with Gasteiger partial charge in [-0.05, 0) is 40.9 Å². The number of nitrogens with one attached hydrogen (secondary N) is 1. The summed E-state index contributed by atoms with van der Waals surface area (Å²) in [4.78, 5) is 4.15. The fourth-order valence-electron chi connectivity index (χ4n) is 2.26. The number of aromatic nitrogens is 3. The standard InChI is InChI=1S/C14H20BrN5/c1-3-11-14(15)13(20(4-2)19-11)8-12(18-16)10-6-5-7-17-9-10/h5-7,9,12,18H,3-4,8,16H2,1-2H3. The molecule has 0 spiro atoms. The molecule has 0 saturated heterocycles. The highest BCUT2D eigenvalue weighted by Crippen LogP contribution is 2.26. The van der Waals surface area contributed by atoms with E-state index in [1.807, 2.05) is 23.0 Å². The number of pyridine rings is 1. The number of halogens is 1. The van der Waals surface area contributed by atoms with Crippen LogP contribution in [0.5, 0.6) is 0 Å². The second kappa shape index (κ2) is 6.97. The van der Waals surface area contributed by atoms with Gasteiger partial charge in [-0.25, -0.2) is 0 Å². The smallest absolute Gasteiger partial charge is 0.0766 e. The molecule has 1 unspecified atom stereocenters. The van der Waals surface area contributed by atoms with Crippen LogP contribution in [0.25, 0.3) is 0 Å². The van der Waals surface area contributed by atoms with Crippen molar-refractivity contribution in [3.05, 3.63) is 46.0 Å². The van der Waals surface area contributed by atoms with Crippen LogP contribution < -0.4 is 11.3 Å². The van der Waals surface area contributed by atoms with Gasteiger partial charge in [-0.3, -0.25) is 20.9 Å². The van der Waals surface area contributed by atoms with E-state index >= 15 is 0 Å². The average molecular weight is 338 g/mol. The number of rotatable bonds is 6. The lowest BCUT2D eigenvalue weighted by Crippen LogP contribution is -2.30. The Morgan fingerprint density at radius 3 is 2.80 bits per heavy atom. The first kappa shape index (κ1) is 15.2. The van der Waals surface area contributed by atoms with Crippen molar-refractivity contribution in [3.8, 4) is 0 Å². The summed E-state index contributed by atoms with van der Waals surface area (Å²) in [5.74, 6) is 5.71. The van der Waals surface area contributed by atoms with Crippen LogP contribution in [0.1, 0.15) is 36.8 Å². The summed E-state index contributed by atoms with van der Waals surface area (Å²) in [6.45, 7) is 5.05. The van der Waals surface area contributed by atoms with E-state index in [0.29, 0.717) is 0 Å². The van der Waals surface area contributed by atoms with Crippen molar-refractivity contribution in [2.75, 3.05) is 0 Å². The topological polar surface area (TPSA) is 68.8 Å². The minimum atomic E-state index is 0.0201. The van der Waals surface area contributed by atoms with Gasteiger partial charge in [-0.2, -0.15) is 5.10 Å². The molecular formula is C14H20BrN5. The van der Waals surface area contributed by atoms with Gasteiger partial charge in [-0.15, -0.1) is 0 Å². The molecule has 0 aliphatic heterocycles. The lowest BCUT2D eigenvalue weighted by atomic mass is 10.0. The monoisotopic (exact) mass is 337 g/mol. The zero-order valence-electron chi connectivity index (χ0n) is 11.8. The second-order valence-electron chi connectivity index (χ2n) is 4.59. The van der Waals surface area contributed by atoms with E-state index in [9.17, 15) is 0 Å². The number of nitrogens with zero attached hydrogens (tertiary/aromatic N) is 3. The van der Waals surface area contributed by atoms with Crippen molar-refractivity contribution in [2.24, 2.45) is 5.84 Å². The third-order valence-electron chi connectivity index (χ3n) is 3.38. The molecule has 3 N–H and O–H groups in total. The molecule has 0 fully saturated rings. The third-order valence-corrected chi connectivity index (χ3v) is 4.29. The van der Waals surface area contributed by atoms with Crippen LogP contribution in [0.4, 0.5) is 0 Å². The molecular weight excluding hydrogens is 318 g/mol. The van der Waals surface area contributed by atoms with Gasteiger partial charge < -0.3 is 0 Å². The van der Waals surface area contributed by atoms with Crippen molar-refractivity contribution < 1.29 is 0 Å². The van der Waals surface area contributed by atoms with Crippen LogP contribution in [0.2, 0.25) is 0 Å². The normalized spacial score (nSPS) is 12.6. The highest BCUT2D eigenvalue weighted by atomic mass is 79.9. The summed E-state index contributed by atoms with van der Waals surface area (Å²) >= 11 is 3.67. The Morgan fingerprint density at radius 1 is 1.45 bits per heavy atom. The van der Waals surface area contributed by atoms with Gasteiger partial charge in [0, 0.05) is 25.4 Å². The van der Waals surface area contributed by atoms with Gasteiger partial charge in [0.25, 0.3) is 0 Å². The molecule has 1 atom stereocenters. The van der Waals surface area contributed by atoms with Gasteiger partial charge in [0.2, 0.25) is 0 Å². The van der Waals surface area contributed by atoms with E-state index in [-0.39, 0.29) is 6.04 Å². The number of hydrogen-bond acceptors (Lipinski definition) is 4. The Kier molecular flexibility index (Phi) is 5.28. The van der Waals surface area contributed by atoms with Crippen molar-refractivity contribution in [3.63, 3.8) is 0 Å². The highest BCUT2D eigenvalue weighted by molar-refractivity contribution is 9.10. The maximum atomic E-state index is 5.71. The number of hydrogen-bond donors (Lipinski definition) is 2. The van der Waals surface area contributed by atoms with E-state index < -0.39 is 0 Å². The molecule has 20 heavy (non-hydrogen) atoms. The van der Waals surface area contributed by atoms with Crippen molar-refractivity contribution >= 4 is 15.9 Å². The summed E-state index contributed by atoms with van der Waals surface area (Å²) in [5.41, 5.74) is 6.19. The SMILES string of the molecule is CCc1nn(CC)c(CC(NN)c2cccnc2)c1Br. The van der Waals surface area contributed by atoms with E-state index in [1.54, 1.807) is 6.20 Å². The van der Waals surface area contributed by atoms with Gasteiger partial charge in [0.15, 0.2) is 0 Å². The molecule has 0 saturated carbocycles. The van der Waals surface area contributed by atoms with Gasteiger partial charge in [0.1, 0.15) is 0 Å². The van der Waals surface area contributed by atoms with Gasteiger partial charge >= 0.3 is 0 Å². The van der Waals surface area contributed by atoms with Crippen molar-refractivity contribution in [1.82, 2.24) is 20.2 Å². The second-order valence-corrected chi connectivity index (χ2v) is 5.38. The Labute approximate surface area is 127 Å². The first-order chi connectivity index (χ1) is 9.71. The van der Waals surface area contributed by atoms with E-state index in [0.717, 1.165) is 40.8 Å². The summed E-state index contributed by atoms with van der Waals surface area (Å²) < 4.78 is 3.12. The minimum absolute atomic E-state index is 0.0201. The van der Waals surface area contributed by atoms with E-state index in [4.69, 9.17) is 5.84 Å². The summed E-state index contributed by atoms with van der Waals surface area (Å²) in [5, 5.41) is 4.61. The van der Waals surface area contributed by atoms with E-state index in [1.165, 1.54) is 0 Å². The fourth-order valence-corrected chi connectivity index (χ4v) is 2.99. The molecule has 6 heteroatoms. The zero-order valence-corrected chi connectivity index (χ0v) is 13.4. The van der Waals surface area contributed by atoms with Crippen LogP contribution >= 0.6 is 15.9 Å². The molecule has 5 nitrogen and oxygen atoms in total. The van der Waals surface area contributed by atoms with Crippen LogP contribution in [0, 0.1) is 0 Å². The average Bonchev–Trinajstić information content (AvgIpc) is 2.81. The Hall–Kier alpha value is -1.24. The number of nitrogens with two attached hydrogens (primary N) is 1. The molecule has 0 aliphatic carbocycles. The van der Waals surface area contributed by atoms with Crippen LogP contribution in [-0.4, -0.2) is 14.8 Å². The van der Waals surface area contributed by atoms with Crippen LogP contribution in [0.3, 0.4) is 0 Å². The largest absolute Gasteiger partial charge is 0.271 e. The summed E-state index contributed by atoms with van der Waals surface area (Å²) in [6.07, 6.45) is 5.28. The summed E-state index contributed by atoms with van der Waals surface area (Å²) in [6, 6.07) is 3.97. The zero-order chi connectivity index (χ0) is 14.5. The first-order valence-corrected chi connectivity index (χ1v) is 7.60. The molecule has 0 amide bonds. The predicted molar refractivity (Wildman–Crippen MR) is 83.0 cm³/mol. The Morgan fingerprint density at radius 2 is 2.25 bits per heavy atom. The van der Waals surface area contributed by atoms with Crippen molar-refractivity contribution in [2.45, 2.75) is 39.3 Å². The molecule has 2 rings (SSSR count). The van der Waals surface area contributed by atoms with Crippen molar-refractivity contribution in [1.29, 1.82) is 0 Å². The molecule has 0 radical (unpaired) electrons. The van der Waals surface area contributed by atoms with Crippen LogP contribution in [0.15, 0.2) is 29.0 Å². The predicted octanol–water partition coefficient (Wildman–Crippen LogP) is 2.37. The first-order valence-electron chi connectivity index (χ1n) is 6.81. The molecule has 0 aliphatic rings.